The van der Waals surface area contributed by atoms with Gasteiger partial charge in [0.15, 0.2) is 11.0 Å². The van der Waals surface area contributed by atoms with E-state index >= 15 is 0 Å². The summed E-state index contributed by atoms with van der Waals surface area (Å²) < 4.78 is 15.6. The van der Waals surface area contributed by atoms with Crippen molar-refractivity contribution < 1.29 is 14.0 Å². The number of thiophene rings is 1. The average molecular weight is 511 g/mol. The molecule has 0 aliphatic heterocycles. The standard InChI is InChI=1S/C24H23FN6O2S2/c1-2-11-31-20(13-27-22(33)16-8-3-5-9-18(16)25)29-30-24(31)34-14-21(32)28-23-17(12-26)15-7-4-6-10-19(15)35-23/h2-3,5,8-9H,1,4,6-7,10-11,13-14H2,(H,27,33)(H,28,32). The third-order valence-electron chi connectivity index (χ3n) is 5.50. The molecule has 0 saturated carbocycles. The lowest BCUT2D eigenvalue weighted by Crippen LogP contribution is -2.25. The van der Waals surface area contributed by atoms with E-state index in [1.54, 1.807) is 16.7 Å². The monoisotopic (exact) mass is 510 g/mol. The Labute approximate surface area is 210 Å². The Bertz CT molecular complexity index is 1310. The van der Waals surface area contributed by atoms with Crippen LogP contribution in [-0.4, -0.2) is 32.3 Å². The summed E-state index contributed by atoms with van der Waals surface area (Å²) in [6.07, 6.45) is 5.64. The van der Waals surface area contributed by atoms with Crippen LogP contribution in [0.1, 0.15) is 45.0 Å². The van der Waals surface area contributed by atoms with Gasteiger partial charge in [0.1, 0.15) is 16.9 Å². The maximum absolute atomic E-state index is 13.9. The van der Waals surface area contributed by atoms with Gasteiger partial charge in [-0.1, -0.05) is 30.0 Å². The van der Waals surface area contributed by atoms with Crippen LogP contribution >= 0.6 is 23.1 Å². The second-order valence-electron chi connectivity index (χ2n) is 7.82. The normalized spacial score (nSPS) is 12.5. The number of halogens is 1. The van der Waals surface area contributed by atoms with E-state index in [1.807, 2.05) is 0 Å². The Kier molecular flexibility index (Phi) is 7.94. The molecule has 3 aromatic rings. The van der Waals surface area contributed by atoms with Gasteiger partial charge in [-0.25, -0.2) is 4.39 Å². The number of fused-ring (bicyclic) bond motifs is 1. The first-order valence-electron chi connectivity index (χ1n) is 11.0. The van der Waals surface area contributed by atoms with Gasteiger partial charge in [-0.2, -0.15) is 5.26 Å². The molecule has 180 valence electrons. The third-order valence-corrected chi connectivity index (χ3v) is 7.67. The van der Waals surface area contributed by atoms with Crippen molar-refractivity contribution in [3.63, 3.8) is 0 Å². The van der Waals surface area contributed by atoms with Crippen LogP contribution in [0, 0.1) is 17.1 Å². The maximum Gasteiger partial charge on any atom is 0.254 e. The van der Waals surface area contributed by atoms with Gasteiger partial charge in [-0.15, -0.1) is 28.1 Å². The summed E-state index contributed by atoms with van der Waals surface area (Å²) in [5, 5.41) is 24.5. The zero-order valence-corrected chi connectivity index (χ0v) is 20.5. The van der Waals surface area contributed by atoms with Crippen LogP contribution in [0.15, 0.2) is 42.1 Å². The number of aryl methyl sites for hydroxylation is 1. The molecule has 1 aliphatic rings. The largest absolute Gasteiger partial charge is 0.345 e. The number of anilines is 1. The molecular weight excluding hydrogens is 487 g/mol. The highest BCUT2D eigenvalue weighted by atomic mass is 32.2. The van der Waals surface area contributed by atoms with Crippen LogP contribution in [0.25, 0.3) is 0 Å². The van der Waals surface area contributed by atoms with Gasteiger partial charge in [0.25, 0.3) is 5.91 Å². The number of amides is 2. The molecule has 1 aromatic carbocycles. The van der Waals surface area contributed by atoms with Crippen molar-refractivity contribution in [2.24, 2.45) is 0 Å². The summed E-state index contributed by atoms with van der Waals surface area (Å²) in [7, 11) is 0. The number of rotatable bonds is 9. The van der Waals surface area contributed by atoms with Gasteiger partial charge in [0, 0.05) is 11.4 Å². The van der Waals surface area contributed by atoms with E-state index in [-0.39, 0.29) is 23.8 Å². The van der Waals surface area contributed by atoms with Crippen molar-refractivity contribution in [1.29, 1.82) is 5.26 Å². The lowest BCUT2D eigenvalue weighted by atomic mass is 9.96. The van der Waals surface area contributed by atoms with E-state index in [9.17, 15) is 19.2 Å². The van der Waals surface area contributed by atoms with E-state index in [2.05, 4.69) is 33.5 Å². The SMILES string of the molecule is C=CCn1c(CNC(=O)c2ccccc2F)nnc1SCC(=O)Nc1sc2c(c1C#N)CCCC2. The minimum Gasteiger partial charge on any atom is -0.345 e. The number of hydrogen-bond donors (Lipinski definition) is 2. The number of benzene rings is 1. The molecule has 0 bridgehead atoms. The van der Waals surface area contributed by atoms with Crippen LogP contribution in [0.2, 0.25) is 0 Å². The molecule has 0 atom stereocenters. The Hall–Kier alpha value is -3.49. The minimum atomic E-state index is -0.606. The number of allylic oxidation sites excluding steroid dienone is 1. The van der Waals surface area contributed by atoms with Gasteiger partial charge in [0.05, 0.1) is 23.4 Å². The molecule has 4 rings (SSSR count). The Morgan fingerprint density at radius 2 is 2.09 bits per heavy atom. The molecule has 2 aromatic heterocycles. The van der Waals surface area contributed by atoms with E-state index in [0.717, 1.165) is 31.2 Å². The van der Waals surface area contributed by atoms with Gasteiger partial charge in [-0.3, -0.25) is 9.59 Å². The summed E-state index contributed by atoms with van der Waals surface area (Å²) in [4.78, 5) is 26.1. The number of hydrogen-bond acceptors (Lipinski definition) is 7. The number of aromatic nitrogens is 3. The van der Waals surface area contributed by atoms with Crippen molar-refractivity contribution in [2.45, 2.75) is 43.9 Å². The van der Waals surface area contributed by atoms with Gasteiger partial charge in [-0.05, 0) is 43.4 Å². The molecule has 2 amide bonds. The van der Waals surface area contributed by atoms with Gasteiger partial charge in [0.2, 0.25) is 5.91 Å². The summed E-state index contributed by atoms with van der Waals surface area (Å²) in [6, 6.07) is 7.97. The number of nitrogens with zero attached hydrogens (tertiary/aromatic N) is 4. The molecule has 11 heteroatoms. The highest BCUT2D eigenvalue weighted by Gasteiger charge is 2.22. The first-order chi connectivity index (χ1) is 17.0. The van der Waals surface area contributed by atoms with E-state index < -0.39 is 11.7 Å². The molecule has 2 heterocycles. The van der Waals surface area contributed by atoms with Crippen molar-refractivity contribution in [3.8, 4) is 6.07 Å². The third kappa shape index (κ3) is 5.61. The number of nitriles is 1. The fraction of sp³-hybridized carbons (Fsp3) is 0.292. The van der Waals surface area contributed by atoms with E-state index in [1.165, 1.54) is 46.2 Å². The van der Waals surface area contributed by atoms with Crippen LogP contribution in [-0.2, 0) is 30.7 Å². The number of thioether (sulfide) groups is 1. The summed E-state index contributed by atoms with van der Waals surface area (Å²) in [5.74, 6) is -0.879. The van der Waals surface area contributed by atoms with E-state index in [4.69, 9.17) is 0 Å². The fourth-order valence-corrected chi connectivity index (χ4v) is 5.86. The van der Waals surface area contributed by atoms with Crippen LogP contribution in [0.3, 0.4) is 0 Å². The first kappa shape index (κ1) is 24.6. The molecule has 0 fully saturated rings. The van der Waals surface area contributed by atoms with Gasteiger partial charge < -0.3 is 15.2 Å². The maximum atomic E-state index is 13.9. The Morgan fingerprint density at radius 3 is 2.86 bits per heavy atom. The molecular formula is C24H23FN6O2S2. The molecule has 35 heavy (non-hydrogen) atoms. The number of carbonyl (C=O) groups is 2. The summed E-state index contributed by atoms with van der Waals surface area (Å²) >= 11 is 2.68. The zero-order chi connectivity index (χ0) is 24.8. The lowest BCUT2D eigenvalue weighted by Gasteiger charge is -2.09. The van der Waals surface area contributed by atoms with E-state index in [0.29, 0.717) is 28.1 Å². The molecule has 0 unspecified atom stereocenters. The molecule has 1 aliphatic carbocycles. The molecule has 0 spiro atoms. The predicted molar refractivity (Wildman–Crippen MR) is 133 cm³/mol. The molecule has 0 saturated heterocycles. The Morgan fingerprint density at radius 1 is 1.29 bits per heavy atom. The average Bonchev–Trinajstić information content (AvgIpc) is 3.41. The van der Waals surface area contributed by atoms with Crippen LogP contribution < -0.4 is 10.6 Å². The Balaban J connectivity index is 1.39. The van der Waals surface area contributed by atoms with Crippen molar-refractivity contribution >= 4 is 39.9 Å². The quantitative estimate of drug-likeness (QED) is 0.331. The summed E-state index contributed by atoms with van der Waals surface area (Å²) in [6.45, 7) is 4.15. The van der Waals surface area contributed by atoms with Crippen molar-refractivity contribution in [2.75, 3.05) is 11.1 Å². The first-order valence-corrected chi connectivity index (χ1v) is 12.8. The van der Waals surface area contributed by atoms with Crippen LogP contribution in [0.5, 0.6) is 0 Å². The smallest absolute Gasteiger partial charge is 0.254 e. The predicted octanol–water partition coefficient (Wildman–Crippen LogP) is 4.08. The van der Waals surface area contributed by atoms with Gasteiger partial charge >= 0.3 is 0 Å². The van der Waals surface area contributed by atoms with Crippen LogP contribution in [0.4, 0.5) is 9.39 Å². The highest BCUT2D eigenvalue weighted by molar-refractivity contribution is 7.99. The molecule has 2 N–H and O–H groups in total. The topological polar surface area (TPSA) is 113 Å². The second kappa shape index (κ2) is 11.3. The minimum absolute atomic E-state index is 0.0348. The van der Waals surface area contributed by atoms with Crippen molar-refractivity contribution in [3.05, 3.63) is 70.1 Å². The van der Waals surface area contributed by atoms with Crippen molar-refractivity contribution in [1.82, 2.24) is 20.1 Å². The fourth-order valence-electron chi connectivity index (χ4n) is 3.83. The molecule has 8 nitrogen and oxygen atoms in total. The number of carbonyl (C=O) groups excluding carboxylic acids is 2. The summed E-state index contributed by atoms with van der Waals surface area (Å²) in [5.41, 5.74) is 1.59. The zero-order valence-electron chi connectivity index (χ0n) is 18.8. The highest BCUT2D eigenvalue weighted by Crippen LogP contribution is 2.37. The molecule has 0 radical (unpaired) electrons. The second-order valence-corrected chi connectivity index (χ2v) is 9.87. The lowest BCUT2D eigenvalue weighted by molar-refractivity contribution is -0.113. The number of nitrogens with one attached hydrogen (secondary N) is 2.